The first-order valence-electron chi connectivity index (χ1n) is 8.48. The third-order valence-electron chi connectivity index (χ3n) is 4.78. The molecule has 0 aliphatic carbocycles. The lowest BCUT2D eigenvalue weighted by Crippen LogP contribution is -2.21. The van der Waals surface area contributed by atoms with Crippen LogP contribution < -0.4 is 9.47 Å². The van der Waals surface area contributed by atoms with Crippen molar-refractivity contribution in [2.24, 2.45) is 11.8 Å². The molecule has 0 aromatic heterocycles. The average molecular weight is 450 g/mol. The molecule has 0 unspecified atom stereocenters. The van der Waals surface area contributed by atoms with Crippen molar-refractivity contribution in [2.75, 3.05) is 19.8 Å². The molecule has 2 heterocycles. The third kappa shape index (κ3) is 3.76. The molecule has 1 fully saturated rings. The second-order valence-corrected chi connectivity index (χ2v) is 7.75. The van der Waals surface area contributed by atoms with Crippen LogP contribution in [-0.2, 0) is 22.4 Å². The highest BCUT2D eigenvalue weighted by molar-refractivity contribution is 14.1. The van der Waals surface area contributed by atoms with Crippen molar-refractivity contribution < 1.29 is 19.0 Å². The molecule has 4 nitrogen and oxygen atoms in total. The molecule has 2 aromatic carbocycles. The second kappa shape index (κ2) is 7.23. The SMILES string of the molecule is O=C1OC[C@H](Cc2ccc3c(c2)OCCO3)[C@H]1Cc1ccc(I)cc1. The first-order chi connectivity index (χ1) is 12.2. The number of hydrogen-bond donors (Lipinski definition) is 0. The monoisotopic (exact) mass is 450 g/mol. The van der Waals surface area contributed by atoms with Crippen LogP contribution >= 0.6 is 22.6 Å². The highest BCUT2D eigenvalue weighted by Crippen LogP contribution is 2.34. The van der Waals surface area contributed by atoms with Gasteiger partial charge in [-0.25, -0.2) is 0 Å². The minimum absolute atomic E-state index is 0.0823. The van der Waals surface area contributed by atoms with Gasteiger partial charge in [-0.2, -0.15) is 0 Å². The summed E-state index contributed by atoms with van der Waals surface area (Å²) in [6, 6.07) is 14.4. The fourth-order valence-electron chi connectivity index (χ4n) is 3.45. The van der Waals surface area contributed by atoms with Crippen LogP contribution in [0, 0.1) is 15.4 Å². The van der Waals surface area contributed by atoms with Gasteiger partial charge < -0.3 is 14.2 Å². The Labute approximate surface area is 160 Å². The lowest BCUT2D eigenvalue weighted by molar-refractivity contribution is -0.141. The summed E-state index contributed by atoms with van der Waals surface area (Å²) in [5.41, 5.74) is 2.33. The first kappa shape index (κ1) is 16.7. The molecule has 0 amide bonds. The second-order valence-electron chi connectivity index (χ2n) is 6.51. The van der Waals surface area contributed by atoms with Crippen LogP contribution in [-0.4, -0.2) is 25.8 Å². The molecule has 2 aromatic rings. The van der Waals surface area contributed by atoms with Crippen molar-refractivity contribution >= 4 is 28.6 Å². The summed E-state index contributed by atoms with van der Waals surface area (Å²) in [5, 5.41) is 0. The summed E-state index contributed by atoms with van der Waals surface area (Å²) in [7, 11) is 0. The smallest absolute Gasteiger partial charge is 0.309 e. The number of halogens is 1. The Morgan fingerprint density at radius 3 is 2.40 bits per heavy atom. The van der Waals surface area contributed by atoms with E-state index >= 15 is 0 Å². The fraction of sp³-hybridized carbons (Fsp3) is 0.350. The van der Waals surface area contributed by atoms with E-state index in [2.05, 4.69) is 52.9 Å². The van der Waals surface area contributed by atoms with Gasteiger partial charge in [0.05, 0.1) is 12.5 Å². The van der Waals surface area contributed by atoms with Crippen LogP contribution in [0.25, 0.3) is 0 Å². The van der Waals surface area contributed by atoms with Crippen molar-refractivity contribution in [3.8, 4) is 11.5 Å². The summed E-state index contributed by atoms with van der Waals surface area (Å²) in [6.07, 6.45) is 1.53. The molecule has 0 radical (unpaired) electrons. The number of carbonyl (C=O) groups is 1. The van der Waals surface area contributed by atoms with E-state index in [-0.39, 0.29) is 17.8 Å². The van der Waals surface area contributed by atoms with Gasteiger partial charge in [0.15, 0.2) is 11.5 Å². The van der Waals surface area contributed by atoms with Crippen LogP contribution in [0.15, 0.2) is 42.5 Å². The third-order valence-corrected chi connectivity index (χ3v) is 5.50. The van der Waals surface area contributed by atoms with Crippen LogP contribution in [0.3, 0.4) is 0 Å². The minimum atomic E-state index is -0.0896. The summed E-state index contributed by atoms with van der Waals surface area (Å²) < 4.78 is 17.8. The normalized spacial score (nSPS) is 21.9. The maximum atomic E-state index is 12.2. The zero-order valence-electron chi connectivity index (χ0n) is 13.7. The van der Waals surface area contributed by atoms with Crippen LogP contribution in [0.4, 0.5) is 0 Å². The van der Waals surface area contributed by atoms with E-state index in [4.69, 9.17) is 14.2 Å². The minimum Gasteiger partial charge on any atom is -0.486 e. The number of ether oxygens (including phenoxy) is 3. The largest absolute Gasteiger partial charge is 0.486 e. The molecule has 0 spiro atoms. The zero-order chi connectivity index (χ0) is 17.2. The molecule has 1 saturated heterocycles. The van der Waals surface area contributed by atoms with Gasteiger partial charge in [-0.1, -0.05) is 18.2 Å². The van der Waals surface area contributed by atoms with E-state index < -0.39 is 0 Å². The van der Waals surface area contributed by atoms with Crippen molar-refractivity contribution in [1.82, 2.24) is 0 Å². The Morgan fingerprint density at radius 2 is 1.60 bits per heavy atom. The van der Waals surface area contributed by atoms with E-state index in [1.54, 1.807) is 0 Å². The summed E-state index contributed by atoms with van der Waals surface area (Å²) >= 11 is 2.29. The van der Waals surface area contributed by atoms with Crippen LogP contribution in [0.2, 0.25) is 0 Å². The van der Waals surface area contributed by atoms with Gasteiger partial charge in [0.1, 0.15) is 13.2 Å². The lowest BCUT2D eigenvalue weighted by Gasteiger charge is -2.20. The van der Waals surface area contributed by atoms with E-state index in [1.165, 1.54) is 9.13 Å². The number of hydrogen-bond acceptors (Lipinski definition) is 4. The molecule has 4 rings (SSSR count). The molecule has 130 valence electrons. The summed E-state index contributed by atoms with van der Waals surface area (Å²) in [4.78, 5) is 12.2. The molecule has 2 atom stereocenters. The predicted octanol–water partition coefficient (Wildman–Crippen LogP) is 3.64. The Morgan fingerprint density at radius 1 is 0.880 bits per heavy atom. The van der Waals surface area contributed by atoms with Gasteiger partial charge in [-0.15, -0.1) is 0 Å². The molecule has 0 N–H and O–H groups in total. The van der Waals surface area contributed by atoms with E-state index in [1.807, 2.05) is 12.1 Å². The first-order valence-corrected chi connectivity index (χ1v) is 9.56. The van der Waals surface area contributed by atoms with Crippen molar-refractivity contribution in [3.63, 3.8) is 0 Å². The lowest BCUT2D eigenvalue weighted by atomic mass is 9.85. The molecular weight excluding hydrogens is 431 g/mol. The average Bonchev–Trinajstić information content (AvgIpc) is 2.97. The highest BCUT2D eigenvalue weighted by Gasteiger charge is 2.36. The van der Waals surface area contributed by atoms with Gasteiger partial charge in [-0.3, -0.25) is 4.79 Å². The Kier molecular flexibility index (Phi) is 4.83. The maximum Gasteiger partial charge on any atom is 0.309 e. The topological polar surface area (TPSA) is 44.8 Å². The number of esters is 1. The molecule has 0 bridgehead atoms. The van der Waals surface area contributed by atoms with Crippen molar-refractivity contribution in [1.29, 1.82) is 0 Å². The quantitative estimate of drug-likeness (QED) is 0.527. The Balaban J connectivity index is 1.48. The Hall–Kier alpha value is -1.76. The molecule has 2 aliphatic heterocycles. The number of fused-ring (bicyclic) bond motifs is 1. The maximum absolute atomic E-state index is 12.2. The predicted molar refractivity (Wildman–Crippen MR) is 102 cm³/mol. The number of carbonyl (C=O) groups excluding carboxylic acids is 1. The standard InChI is InChI=1S/C20H19IO4/c21-16-4-1-13(2-5-16)10-17-15(12-25-20(17)22)9-14-3-6-18-19(11-14)24-8-7-23-18/h1-6,11,15,17H,7-10,12H2/t15-,17+/m0/s1. The molecule has 2 aliphatic rings. The summed E-state index contributed by atoms with van der Waals surface area (Å²) in [6.45, 7) is 1.66. The van der Waals surface area contributed by atoms with Gasteiger partial charge in [-0.05, 0) is 70.8 Å². The van der Waals surface area contributed by atoms with E-state index in [9.17, 15) is 4.79 Å². The van der Waals surface area contributed by atoms with E-state index in [0.29, 0.717) is 19.8 Å². The number of benzene rings is 2. The highest BCUT2D eigenvalue weighted by atomic mass is 127. The van der Waals surface area contributed by atoms with Gasteiger partial charge in [0.2, 0.25) is 0 Å². The number of cyclic esters (lactones) is 1. The zero-order valence-corrected chi connectivity index (χ0v) is 15.9. The fourth-order valence-corrected chi connectivity index (χ4v) is 3.81. The van der Waals surface area contributed by atoms with Crippen LogP contribution in [0.1, 0.15) is 11.1 Å². The number of rotatable bonds is 4. The van der Waals surface area contributed by atoms with E-state index in [0.717, 1.165) is 29.9 Å². The van der Waals surface area contributed by atoms with Gasteiger partial charge in [0, 0.05) is 9.49 Å². The van der Waals surface area contributed by atoms with Crippen molar-refractivity contribution in [3.05, 3.63) is 57.2 Å². The van der Waals surface area contributed by atoms with Crippen molar-refractivity contribution in [2.45, 2.75) is 12.8 Å². The molecule has 25 heavy (non-hydrogen) atoms. The van der Waals surface area contributed by atoms with Crippen LogP contribution in [0.5, 0.6) is 11.5 Å². The van der Waals surface area contributed by atoms with Gasteiger partial charge >= 0.3 is 5.97 Å². The molecular formula is C20H19IO4. The molecule has 5 heteroatoms. The van der Waals surface area contributed by atoms with Gasteiger partial charge in [0.25, 0.3) is 0 Å². The summed E-state index contributed by atoms with van der Waals surface area (Å²) in [5.74, 6) is 1.61. The Bertz CT molecular complexity index is 772. The molecule has 0 saturated carbocycles.